The fraction of sp³-hybridized carbons (Fsp3) is 0.176. The van der Waals surface area contributed by atoms with Crippen molar-refractivity contribution < 1.29 is 5.11 Å². The zero-order chi connectivity index (χ0) is 18.3. The lowest BCUT2D eigenvalue weighted by molar-refractivity contribution is 0.272. The Morgan fingerprint density at radius 1 is 1.19 bits per heavy atom. The molecule has 4 rings (SSSR count). The predicted molar refractivity (Wildman–Crippen MR) is 98.8 cm³/mol. The van der Waals surface area contributed by atoms with E-state index in [-0.39, 0.29) is 6.61 Å². The highest BCUT2D eigenvalue weighted by atomic mass is 35.5. The van der Waals surface area contributed by atoms with Crippen molar-refractivity contribution in [2.75, 3.05) is 5.32 Å². The summed E-state index contributed by atoms with van der Waals surface area (Å²) in [5.74, 6) is 0.902. The molecule has 0 spiro atoms. The summed E-state index contributed by atoms with van der Waals surface area (Å²) < 4.78 is 3.34. The minimum Gasteiger partial charge on any atom is -0.390 e. The highest BCUT2D eigenvalue weighted by Gasteiger charge is 2.16. The normalized spacial score (nSPS) is 11.2. The van der Waals surface area contributed by atoms with Crippen LogP contribution in [0, 0.1) is 6.92 Å². The molecule has 0 radical (unpaired) electrons. The number of aliphatic hydroxyl groups excluding tert-OH is 1. The van der Waals surface area contributed by atoms with E-state index >= 15 is 0 Å². The molecule has 8 nitrogen and oxygen atoms in total. The third kappa shape index (κ3) is 2.89. The summed E-state index contributed by atoms with van der Waals surface area (Å²) in [6.07, 6.45) is 1.68. The lowest BCUT2D eigenvalue weighted by Gasteiger charge is -2.10. The van der Waals surface area contributed by atoms with E-state index in [1.54, 1.807) is 24.5 Å². The Kier molecular flexibility index (Phi) is 4.06. The van der Waals surface area contributed by atoms with Crippen LogP contribution in [0.1, 0.15) is 11.4 Å². The van der Waals surface area contributed by atoms with Crippen molar-refractivity contribution in [1.82, 2.24) is 29.3 Å². The summed E-state index contributed by atoms with van der Waals surface area (Å²) in [5, 5.41) is 17.9. The molecule has 1 aromatic carbocycles. The lowest BCUT2D eigenvalue weighted by atomic mass is 10.3. The number of aliphatic hydroxyl groups is 1. The Hall–Kier alpha value is -2.97. The summed E-state index contributed by atoms with van der Waals surface area (Å²) in [7, 11) is 1.86. The second kappa shape index (κ2) is 6.40. The number of anilines is 2. The van der Waals surface area contributed by atoms with Crippen LogP contribution < -0.4 is 5.32 Å². The molecule has 9 heteroatoms. The number of hydrogen-bond acceptors (Lipinski definition) is 6. The van der Waals surface area contributed by atoms with Crippen molar-refractivity contribution in [2.24, 2.45) is 7.05 Å². The number of aryl methyl sites for hydroxylation is 2. The molecule has 0 aliphatic heterocycles. The Labute approximate surface area is 154 Å². The first-order chi connectivity index (χ1) is 12.5. The lowest BCUT2D eigenvalue weighted by Crippen LogP contribution is -2.10. The molecule has 0 bridgehead atoms. The van der Waals surface area contributed by atoms with E-state index in [2.05, 4.69) is 25.4 Å². The summed E-state index contributed by atoms with van der Waals surface area (Å²) in [6.45, 7) is 1.69. The van der Waals surface area contributed by atoms with Gasteiger partial charge in [0.05, 0.1) is 24.3 Å². The molecule has 0 aliphatic carbocycles. The molecule has 3 aromatic heterocycles. The number of fused-ring (bicyclic) bond motifs is 1. The van der Waals surface area contributed by atoms with Gasteiger partial charge in [0.1, 0.15) is 0 Å². The number of nitrogens with zero attached hydrogens (tertiary/aromatic N) is 6. The maximum absolute atomic E-state index is 9.59. The Morgan fingerprint density at radius 3 is 2.69 bits per heavy atom. The molecule has 0 saturated carbocycles. The quantitative estimate of drug-likeness (QED) is 0.574. The molecule has 0 aliphatic rings. The first kappa shape index (κ1) is 16.5. The van der Waals surface area contributed by atoms with Gasteiger partial charge in [0.25, 0.3) is 5.95 Å². The van der Waals surface area contributed by atoms with Crippen LogP contribution in [0.25, 0.3) is 17.1 Å². The van der Waals surface area contributed by atoms with Crippen LogP contribution in [-0.2, 0) is 13.7 Å². The number of halogens is 1. The summed E-state index contributed by atoms with van der Waals surface area (Å²) in [4.78, 5) is 13.5. The van der Waals surface area contributed by atoms with Gasteiger partial charge >= 0.3 is 0 Å². The van der Waals surface area contributed by atoms with E-state index in [0.29, 0.717) is 33.6 Å². The van der Waals surface area contributed by atoms with Crippen LogP contribution in [0.4, 0.5) is 11.5 Å². The fourth-order valence-corrected chi connectivity index (χ4v) is 2.81. The molecule has 3 heterocycles. The monoisotopic (exact) mass is 369 g/mol. The average Bonchev–Trinajstić information content (AvgIpc) is 3.20. The number of aromatic nitrogens is 6. The van der Waals surface area contributed by atoms with Crippen LogP contribution >= 0.6 is 11.6 Å². The van der Waals surface area contributed by atoms with Crippen molar-refractivity contribution in [3.05, 3.63) is 53.1 Å². The fourth-order valence-electron chi connectivity index (χ4n) is 2.69. The highest BCUT2D eigenvalue weighted by Crippen LogP contribution is 2.25. The third-order valence-electron chi connectivity index (χ3n) is 3.91. The number of rotatable bonds is 4. The van der Waals surface area contributed by atoms with Crippen LogP contribution in [0.3, 0.4) is 0 Å². The summed E-state index contributed by atoms with van der Waals surface area (Å²) >= 11 is 5.95. The Morgan fingerprint density at radius 2 is 1.96 bits per heavy atom. The molecular formula is C17H16ClN7O. The van der Waals surface area contributed by atoms with E-state index in [0.717, 1.165) is 11.4 Å². The number of benzene rings is 1. The van der Waals surface area contributed by atoms with Gasteiger partial charge in [-0.3, -0.25) is 0 Å². The van der Waals surface area contributed by atoms with Gasteiger partial charge in [-0.15, -0.1) is 0 Å². The summed E-state index contributed by atoms with van der Waals surface area (Å²) in [6, 6.07) is 9.10. The highest BCUT2D eigenvalue weighted by molar-refractivity contribution is 6.30. The zero-order valence-electron chi connectivity index (χ0n) is 14.2. The minimum atomic E-state index is -0.159. The van der Waals surface area contributed by atoms with Gasteiger partial charge in [-0.1, -0.05) is 11.6 Å². The molecule has 0 saturated heterocycles. The van der Waals surface area contributed by atoms with Gasteiger partial charge in [-0.05, 0) is 37.3 Å². The van der Waals surface area contributed by atoms with E-state index in [1.165, 1.54) is 4.68 Å². The van der Waals surface area contributed by atoms with Gasteiger partial charge in [-0.2, -0.15) is 15.1 Å². The first-order valence-electron chi connectivity index (χ1n) is 7.93. The largest absolute Gasteiger partial charge is 0.390 e. The average molecular weight is 370 g/mol. The standard InChI is InChI=1S/C17H16ClN7O/c1-10-7-13(8-26)25(23-10)17-21-15(14-16(22-17)24(2)9-19-14)20-12-5-3-11(18)4-6-12/h3-7,9,26H,8H2,1-2H3,(H,20,21,22). The predicted octanol–water partition coefficient (Wildman–Crippen LogP) is 2.75. The number of hydrogen-bond donors (Lipinski definition) is 2. The molecular weight excluding hydrogens is 354 g/mol. The Bertz CT molecular complexity index is 1080. The van der Waals surface area contributed by atoms with E-state index in [1.807, 2.05) is 30.7 Å². The molecule has 4 aromatic rings. The van der Waals surface area contributed by atoms with Crippen LogP contribution in [-0.4, -0.2) is 34.4 Å². The van der Waals surface area contributed by atoms with Crippen LogP contribution in [0.15, 0.2) is 36.7 Å². The molecule has 0 fully saturated rings. The minimum absolute atomic E-state index is 0.159. The van der Waals surface area contributed by atoms with Crippen molar-refractivity contribution >= 4 is 34.3 Å². The molecule has 0 unspecified atom stereocenters. The second-order valence-electron chi connectivity index (χ2n) is 5.88. The van der Waals surface area contributed by atoms with Gasteiger partial charge in [0, 0.05) is 17.8 Å². The SMILES string of the molecule is Cc1cc(CO)n(-c2nc(Nc3ccc(Cl)cc3)c3ncn(C)c3n2)n1. The van der Waals surface area contributed by atoms with Gasteiger partial charge in [0.15, 0.2) is 17.0 Å². The van der Waals surface area contributed by atoms with Crippen molar-refractivity contribution in [2.45, 2.75) is 13.5 Å². The Balaban J connectivity index is 1.87. The maximum atomic E-state index is 9.59. The summed E-state index contributed by atoms with van der Waals surface area (Å²) in [5.41, 5.74) is 3.51. The molecule has 132 valence electrons. The topological polar surface area (TPSA) is 93.7 Å². The van der Waals surface area contributed by atoms with Crippen LogP contribution in [0.2, 0.25) is 5.02 Å². The second-order valence-corrected chi connectivity index (χ2v) is 6.32. The van der Waals surface area contributed by atoms with Crippen LogP contribution in [0.5, 0.6) is 0 Å². The van der Waals surface area contributed by atoms with Crippen molar-refractivity contribution in [3.63, 3.8) is 0 Å². The van der Waals surface area contributed by atoms with Gasteiger partial charge < -0.3 is 15.0 Å². The maximum Gasteiger partial charge on any atom is 0.254 e. The third-order valence-corrected chi connectivity index (χ3v) is 4.16. The van der Waals surface area contributed by atoms with E-state index < -0.39 is 0 Å². The number of nitrogens with one attached hydrogen (secondary N) is 1. The van der Waals surface area contributed by atoms with Gasteiger partial charge in [0.2, 0.25) is 0 Å². The molecule has 0 atom stereocenters. The zero-order valence-corrected chi connectivity index (χ0v) is 14.9. The van der Waals surface area contributed by atoms with E-state index in [4.69, 9.17) is 11.6 Å². The molecule has 0 amide bonds. The van der Waals surface area contributed by atoms with E-state index in [9.17, 15) is 5.11 Å². The van der Waals surface area contributed by atoms with Crippen molar-refractivity contribution in [3.8, 4) is 5.95 Å². The number of imidazole rings is 1. The first-order valence-corrected chi connectivity index (χ1v) is 8.31. The molecule has 26 heavy (non-hydrogen) atoms. The van der Waals surface area contributed by atoms with Crippen molar-refractivity contribution in [1.29, 1.82) is 0 Å². The van der Waals surface area contributed by atoms with Gasteiger partial charge in [-0.25, -0.2) is 9.67 Å². The smallest absolute Gasteiger partial charge is 0.254 e. The molecule has 2 N–H and O–H groups in total.